The van der Waals surface area contributed by atoms with Crippen molar-refractivity contribution in [3.8, 4) is 12.1 Å². The molecule has 0 saturated heterocycles. The summed E-state index contributed by atoms with van der Waals surface area (Å²) in [5, 5.41) is 16.7. The van der Waals surface area contributed by atoms with Gasteiger partial charge < -0.3 is 0 Å². The number of rotatable bonds is 0. The zero-order valence-electron chi connectivity index (χ0n) is 5.24. The van der Waals surface area contributed by atoms with Crippen LogP contribution in [0.3, 0.4) is 0 Å². The molecule has 0 amide bonds. The largest absolute Gasteiger partial charge is 0.547 e. The standard InChI is InChI=1S/C5HN6/c6-1-3-4(2-7)10-5(9-3)11-8/h8H/q+1. The molecule has 0 radical (unpaired) electrons. The lowest BCUT2D eigenvalue weighted by Crippen LogP contribution is -2.04. The minimum absolute atomic E-state index is 0.0847. The van der Waals surface area contributed by atoms with Crippen molar-refractivity contribution in [1.82, 2.24) is 0 Å². The van der Waals surface area contributed by atoms with Crippen molar-refractivity contribution in [3.05, 3.63) is 0 Å². The molecule has 0 aromatic rings. The van der Waals surface area contributed by atoms with E-state index in [9.17, 15) is 0 Å². The van der Waals surface area contributed by atoms with Crippen LogP contribution in [0.5, 0.6) is 0 Å². The normalized spacial score (nSPS) is 14.2. The van der Waals surface area contributed by atoms with Gasteiger partial charge in [-0.25, -0.2) is 0 Å². The molecule has 0 aromatic carbocycles. The summed E-state index contributed by atoms with van der Waals surface area (Å²) in [5.74, 6) is -0.155. The van der Waals surface area contributed by atoms with E-state index in [1.54, 1.807) is 12.1 Å². The lowest BCUT2D eigenvalue weighted by atomic mass is 10.3. The van der Waals surface area contributed by atoms with E-state index in [4.69, 9.17) is 16.1 Å². The maximum atomic E-state index is 8.35. The molecule has 50 valence electrons. The quantitative estimate of drug-likeness (QED) is 0.367. The summed E-state index contributed by atoms with van der Waals surface area (Å²) in [6.45, 7) is 0. The second-order valence-electron chi connectivity index (χ2n) is 1.56. The third-order valence-electron chi connectivity index (χ3n) is 0.960. The molecule has 0 aromatic heterocycles. The van der Waals surface area contributed by atoms with Crippen molar-refractivity contribution in [2.75, 3.05) is 0 Å². The SMILES string of the molecule is N#CC1=NC(=[N+]=N)N=C1C#N. The highest BCUT2D eigenvalue weighted by atomic mass is 15.1. The molecule has 1 aliphatic heterocycles. The Morgan fingerprint density at radius 1 is 1.18 bits per heavy atom. The topological polar surface area (TPSA) is 110 Å². The molecule has 1 heterocycles. The highest BCUT2D eigenvalue weighted by molar-refractivity contribution is 6.57. The highest BCUT2D eigenvalue weighted by Gasteiger charge is 2.28. The second-order valence-corrected chi connectivity index (χ2v) is 1.56. The minimum Gasteiger partial charge on any atom is -0.189 e. The lowest BCUT2D eigenvalue weighted by Gasteiger charge is -1.66. The molecule has 0 atom stereocenters. The molecular weight excluding hydrogens is 144 g/mol. The van der Waals surface area contributed by atoms with Crippen LogP contribution in [0.15, 0.2) is 9.98 Å². The van der Waals surface area contributed by atoms with Gasteiger partial charge in [-0.1, -0.05) is 5.53 Å². The fourth-order valence-corrected chi connectivity index (χ4v) is 0.537. The van der Waals surface area contributed by atoms with Crippen molar-refractivity contribution in [2.45, 2.75) is 0 Å². The van der Waals surface area contributed by atoms with Gasteiger partial charge >= 0.3 is 5.96 Å². The Hall–Kier alpha value is -2.30. The zero-order valence-corrected chi connectivity index (χ0v) is 5.24. The zero-order chi connectivity index (χ0) is 8.27. The molecule has 1 N–H and O–H groups in total. The first-order chi connectivity index (χ1) is 5.31. The van der Waals surface area contributed by atoms with Gasteiger partial charge in [-0.15, -0.1) is 4.79 Å². The van der Waals surface area contributed by atoms with Crippen molar-refractivity contribution >= 4 is 17.4 Å². The van der Waals surface area contributed by atoms with Crippen molar-refractivity contribution < 1.29 is 4.79 Å². The van der Waals surface area contributed by atoms with Crippen molar-refractivity contribution in [1.29, 1.82) is 16.1 Å². The molecule has 6 nitrogen and oxygen atoms in total. The van der Waals surface area contributed by atoms with Gasteiger partial charge in [0.1, 0.15) is 12.1 Å². The van der Waals surface area contributed by atoms with E-state index in [2.05, 4.69) is 14.8 Å². The average molecular weight is 145 g/mol. The number of aliphatic imine (C=N–C) groups is 2. The van der Waals surface area contributed by atoms with Gasteiger partial charge in [0.15, 0.2) is 0 Å². The number of hydrogen-bond donors (Lipinski definition) is 1. The maximum absolute atomic E-state index is 8.35. The fourth-order valence-electron chi connectivity index (χ4n) is 0.537. The summed E-state index contributed by atoms with van der Waals surface area (Å²) in [6, 6.07) is 3.32. The Kier molecular flexibility index (Phi) is 1.56. The summed E-state index contributed by atoms with van der Waals surface area (Å²) in [5.41, 5.74) is 6.32. The molecule has 1 rings (SSSR count). The second kappa shape index (κ2) is 2.53. The van der Waals surface area contributed by atoms with E-state index in [-0.39, 0.29) is 17.4 Å². The Balaban J connectivity index is 3.24. The predicted molar refractivity (Wildman–Crippen MR) is 34.1 cm³/mol. The summed E-state index contributed by atoms with van der Waals surface area (Å²) in [6.07, 6.45) is 0. The lowest BCUT2D eigenvalue weighted by molar-refractivity contribution is -0.121. The van der Waals surface area contributed by atoms with Gasteiger partial charge in [0.05, 0.1) is 0 Å². The van der Waals surface area contributed by atoms with Crippen molar-refractivity contribution in [3.63, 3.8) is 0 Å². The van der Waals surface area contributed by atoms with Crippen LogP contribution in [0.4, 0.5) is 0 Å². The van der Waals surface area contributed by atoms with Gasteiger partial charge in [0, 0.05) is 0 Å². The van der Waals surface area contributed by atoms with Crippen LogP contribution in [0.2, 0.25) is 0 Å². The Labute approximate surface area is 61.4 Å². The predicted octanol–water partition coefficient (Wildman–Crippen LogP) is -0.476. The van der Waals surface area contributed by atoms with Crippen LogP contribution < -0.4 is 0 Å². The fraction of sp³-hybridized carbons (Fsp3) is 0. The average Bonchev–Trinajstić information content (AvgIpc) is 2.46. The molecule has 1 aliphatic rings. The molecule has 6 heteroatoms. The van der Waals surface area contributed by atoms with E-state index >= 15 is 0 Å². The van der Waals surface area contributed by atoms with Crippen LogP contribution in [-0.2, 0) is 0 Å². The number of nitrogens with zero attached hydrogens (tertiary/aromatic N) is 5. The molecule has 0 aliphatic carbocycles. The van der Waals surface area contributed by atoms with Crippen LogP contribution in [0.1, 0.15) is 0 Å². The summed E-state index contributed by atoms with van der Waals surface area (Å²) in [7, 11) is 0. The highest BCUT2D eigenvalue weighted by Crippen LogP contribution is 1.95. The van der Waals surface area contributed by atoms with E-state index in [0.29, 0.717) is 0 Å². The molecule has 0 bridgehead atoms. The van der Waals surface area contributed by atoms with Gasteiger partial charge in [0.25, 0.3) is 11.4 Å². The molecular formula is C5HN6+. The van der Waals surface area contributed by atoms with Gasteiger partial charge in [0.2, 0.25) is 0 Å². The smallest absolute Gasteiger partial charge is 0.189 e. The van der Waals surface area contributed by atoms with Gasteiger partial charge in [-0.05, 0) is 9.98 Å². The van der Waals surface area contributed by atoms with Gasteiger partial charge in [-0.3, -0.25) is 0 Å². The number of nitrogens with one attached hydrogen (secondary N) is 1. The van der Waals surface area contributed by atoms with Crippen molar-refractivity contribution in [2.24, 2.45) is 9.98 Å². The van der Waals surface area contributed by atoms with Gasteiger partial charge in [-0.2, -0.15) is 10.5 Å². The third-order valence-corrected chi connectivity index (χ3v) is 0.960. The van der Waals surface area contributed by atoms with Crippen LogP contribution >= 0.6 is 0 Å². The maximum Gasteiger partial charge on any atom is 0.547 e. The Morgan fingerprint density at radius 3 is 1.91 bits per heavy atom. The summed E-state index contributed by atoms with van der Waals surface area (Å²) in [4.78, 5) is 9.81. The van der Waals surface area contributed by atoms with Crippen LogP contribution in [0, 0.1) is 28.2 Å². The molecule has 0 spiro atoms. The minimum atomic E-state index is -0.155. The third kappa shape index (κ3) is 1.01. The van der Waals surface area contributed by atoms with E-state index in [1.165, 1.54) is 0 Å². The van der Waals surface area contributed by atoms with E-state index in [0.717, 1.165) is 0 Å². The van der Waals surface area contributed by atoms with E-state index in [1.807, 2.05) is 0 Å². The van der Waals surface area contributed by atoms with Crippen LogP contribution in [0.25, 0.3) is 0 Å². The first-order valence-corrected chi connectivity index (χ1v) is 2.54. The molecule has 11 heavy (non-hydrogen) atoms. The molecule has 0 unspecified atom stereocenters. The first-order valence-electron chi connectivity index (χ1n) is 2.54. The summed E-state index contributed by atoms with van der Waals surface area (Å²) >= 11 is 0. The van der Waals surface area contributed by atoms with Crippen LogP contribution in [-0.4, -0.2) is 22.2 Å². The number of nitriles is 2. The number of guanidine groups is 1. The van der Waals surface area contributed by atoms with E-state index < -0.39 is 0 Å². The Bertz CT molecular complexity index is 348. The summed E-state index contributed by atoms with van der Waals surface area (Å²) < 4.78 is 0. The molecule has 0 saturated carbocycles. The first kappa shape index (κ1) is 6.81. The monoisotopic (exact) mass is 145 g/mol. The molecule has 0 fully saturated rings. The Morgan fingerprint density at radius 2 is 1.64 bits per heavy atom. The number of hydrogen-bond acceptors (Lipinski definition) is 3.